The zero-order chi connectivity index (χ0) is 16.2. The highest BCUT2D eigenvalue weighted by Gasteiger charge is 2.17. The van der Waals surface area contributed by atoms with Crippen LogP contribution in [0.4, 0.5) is 5.82 Å². The largest absolute Gasteiger partial charge is 0.378 e. The molecule has 10 nitrogen and oxygen atoms in total. The molecule has 23 heavy (non-hydrogen) atoms. The number of nitrogens with zero attached hydrogens (tertiary/aromatic N) is 8. The molecule has 3 aromatic heterocycles. The highest BCUT2D eigenvalue weighted by atomic mass is 16.6. The van der Waals surface area contributed by atoms with Crippen LogP contribution in [-0.4, -0.2) is 42.2 Å². The van der Waals surface area contributed by atoms with E-state index in [1.165, 1.54) is 4.68 Å². The van der Waals surface area contributed by atoms with E-state index in [2.05, 4.69) is 40.4 Å². The number of nitrogen functional groups attached to an aromatic ring is 1. The summed E-state index contributed by atoms with van der Waals surface area (Å²) in [6.45, 7) is 3.60. The Hall–Kier alpha value is -3.43. The summed E-state index contributed by atoms with van der Waals surface area (Å²) < 4.78 is 6.00. The van der Waals surface area contributed by atoms with Gasteiger partial charge in [-0.3, -0.25) is 4.98 Å². The second kappa shape index (κ2) is 6.13. The van der Waals surface area contributed by atoms with Gasteiger partial charge in [0.05, 0.1) is 17.6 Å². The number of hydrogen-bond donors (Lipinski definition) is 1. The van der Waals surface area contributed by atoms with Crippen molar-refractivity contribution in [3.63, 3.8) is 0 Å². The first-order valence-corrected chi connectivity index (χ1v) is 6.65. The molecule has 0 spiro atoms. The summed E-state index contributed by atoms with van der Waals surface area (Å²) in [5.74, 6) is 0.418. The smallest absolute Gasteiger partial charge is 0.243 e. The summed E-state index contributed by atoms with van der Waals surface area (Å²) in [4.78, 5) is 4.00. The molecule has 0 amide bonds. The molecule has 0 unspecified atom stereocenters. The van der Waals surface area contributed by atoms with Gasteiger partial charge in [0.25, 0.3) is 0 Å². The lowest BCUT2D eigenvalue weighted by molar-refractivity contribution is 0.306. The van der Waals surface area contributed by atoms with E-state index in [0.29, 0.717) is 17.1 Å². The summed E-state index contributed by atoms with van der Waals surface area (Å²) in [5.41, 5.74) is 8.39. The van der Waals surface area contributed by atoms with Gasteiger partial charge in [0.2, 0.25) is 11.6 Å². The highest BCUT2D eigenvalue weighted by Crippen LogP contribution is 2.15. The SMILES string of the molecule is C/C(=N\N=C\c1cccnc1)c1nnn(-c2nonc2N)c1C. The van der Waals surface area contributed by atoms with Gasteiger partial charge in [-0.25, -0.2) is 4.63 Å². The lowest BCUT2D eigenvalue weighted by atomic mass is 10.2. The maximum absolute atomic E-state index is 5.66. The van der Waals surface area contributed by atoms with Crippen LogP contribution in [0.5, 0.6) is 0 Å². The monoisotopic (exact) mass is 311 g/mol. The van der Waals surface area contributed by atoms with Crippen LogP contribution in [0.3, 0.4) is 0 Å². The first-order valence-electron chi connectivity index (χ1n) is 6.65. The molecule has 0 fully saturated rings. The molecule has 10 heteroatoms. The van der Waals surface area contributed by atoms with Gasteiger partial charge in [-0.1, -0.05) is 11.3 Å². The molecule has 116 valence electrons. The average molecular weight is 311 g/mol. The van der Waals surface area contributed by atoms with E-state index in [4.69, 9.17) is 5.73 Å². The quantitative estimate of drug-likeness (QED) is 0.555. The van der Waals surface area contributed by atoms with Crippen LogP contribution >= 0.6 is 0 Å². The van der Waals surface area contributed by atoms with Gasteiger partial charge in [-0.05, 0) is 30.2 Å². The fourth-order valence-electron chi connectivity index (χ4n) is 1.88. The standard InChI is InChI=1S/C13H13N9O/c1-8(17-16-7-10-4-3-5-15-6-10)11-9(2)22(21-18-11)13-12(14)19-23-20-13/h3-7H,1-2H3,(H2,14,19)/b16-7+,17-8+. The Morgan fingerprint density at radius 3 is 2.96 bits per heavy atom. The van der Waals surface area contributed by atoms with Crippen LogP contribution in [0.2, 0.25) is 0 Å². The molecule has 3 rings (SSSR count). The van der Waals surface area contributed by atoms with E-state index in [1.54, 1.807) is 25.5 Å². The van der Waals surface area contributed by atoms with Crippen LogP contribution < -0.4 is 5.73 Å². The van der Waals surface area contributed by atoms with Crippen molar-refractivity contribution in [2.75, 3.05) is 5.73 Å². The minimum atomic E-state index is 0.133. The van der Waals surface area contributed by atoms with Crippen molar-refractivity contribution in [1.82, 2.24) is 30.3 Å². The van der Waals surface area contributed by atoms with Crippen LogP contribution in [0.1, 0.15) is 23.9 Å². The molecule has 0 aromatic carbocycles. The van der Waals surface area contributed by atoms with Gasteiger partial charge >= 0.3 is 0 Å². The third kappa shape index (κ3) is 2.95. The highest BCUT2D eigenvalue weighted by molar-refractivity contribution is 5.98. The first kappa shape index (κ1) is 14.5. The molecule has 3 heterocycles. The minimum Gasteiger partial charge on any atom is -0.378 e. The van der Waals surface area contributed by atoms with Crippen molar-refractivity contribution in [3.8, 4) is 5.82 Å². The molecule has 0 radical (unpaired) electrons. The van der Waals surface area contributed by atoms with Gasteiger partial charge in [0.15, 0.2) is 0 Å². The van der Waals surface area contributed by atoms with Crippen molar-refractivity contribution in [2.24, 2.45) is 10.2 Å². The topological polar surface area (TPSA) is 133 Å². The maximum atomic E-state index is 5.66. The summed E-state index contributed by atoms with van der Waals surface area (Å²) in [6, 6.07) is 3.70. The summed E-state index contributed by atoms with van der Waals surface area (Å²) in [6.07, 6.45) is 4.99. The van der Waals surface area contributed by atoms with Gasteiger partial charge in [-0.15, -0.1) is 5.10 Å². The van der Waals surface area contributed by atoms with Crippen molar-refractivity contribution in [1.29, 1.82) is 0 Å². The second-order valence-electron chi connectivity index (χ2n) is 4.62. The molecule has 3 aromatic rings. The van der Waals surface area contributed by atoms with E-state index in [1.807, 2.05) is 19.1 Å². The predicted octanol–water partition coefficient (Wildman–Crippen LogP) is 0.779. The van der Waals surface area contributed by atoms with Crippen molar-refractivity contribution in [2.45, 2.75) is 13.8 Å². The number of pyridine rings is 1. The van der Waals surface area contributed by atoms with Gasteiger partial charge < -0.3 is 5.73 Å². The number of aromatic nitrogens is 6. The molecule has 0 atom stereocenters. The number of rotatable bonds is 4. The molecule has 0 aliphatic carbocycles. The molecule has 0 bridgehead atoms. The summed E-state index contributed by atoms with van der Waals surface area (Å²) >= 11 is 0. The Morgan fingerprint density at radius 2 is 2.26 bits per heavy atom. The Bertz CT molecular complexity index is 863. The molecule has 0 aliphatic rings. The summed E-state index contributed by atoms with van der Waals surface area (Å²) in [7, 11) is 0. The molecule has 0 aliphatic heterocycles. The van der Waals surface area contributed by atoms with Crippen molar-refractivity contribution >= 4 is 17.7 Å². The summed E-state index contributed by atoms with van der Waals surface area (Å²) in [5, 5.41) is 23.4. The van der Waals surface area contributed by atoms with Crippen LogP contribution in [0, 0.1) is 6.92 Å². The maximum Gasteiger partial charge on any atom is 0.243 e. The lowest BCUT2D eigenvalue weighted by Crippen LogP contribution is -2.04. The molecule has 0 saturated carbocycles. The van der Waals surface area contributed by atoms with Crippen LogP contribution in [0.15, 0.2) is 39.4 Å². The van der Waals surface area contributed by atoms with Gasteiger partial charge in [0.1, 0.15) is 5.69 Å². The molecular formula is C13H13N9O. The minimum absolute atomic E-state index is 0.133. The van der Waals surface area contributed by atoms with Gasteiger partial charge in [-0.2, -0.15) is 14.9 Å². The fourth-order valence-corrected chi connectivity index (χ4v) is 1.88. The van der Waals surface area contributed by atoms with E-state index in [0.717, 1.165) is 5.56 Å². The number of hydrogen-bond acceptors (Lipinski definition) is 9. The first-order chi connectivity index (χ1) is 11.2. The average Bonchev–Trinajstić information content (AvgIpc) is 3.14. The fraction of sp³-hybridized carbons (Fsp3) is 0.154. The molecule has 0 saturated heterocycles. The van der Waals surface area contributed by atoms with Crippen LogP contribution in [-0.2, 0) is 0 Å². The Kier molecular flexibility index (Phi) is 3.87. The van der Waals surface area contributed by atoms with E-state index in [-0.39, 0.29) is 11.6 Å². The Morgan fingerprint density at radius 1 is 1.39 bits per heavy atom. The van der Waals surface area contributed by atoms with Crippen molar-refractivity contribution in [3.05, 3.63) is 41.5 Å². The second-order valence-corrected chi connectivity index (χ2v) is 4.62. The number of anilines is 1. The Balaban J connectivity index is 1.85. The normalized spacial score (nSPS) is 12.2. The van der Waals surface area contributed by atoms with E-state index < -0.39 is 0 Å². The molecule has 2 N–H and O–H groups in total. The zero-order valence-corrected chi connectivity index (χ0v) is 12.5. The van der Waals surface area contributed by atoms with Gasteiger partial charge in [0, 0.05) is 18.0 Å². The third-order valence-corrected chi connectivity index (χ3v) is 3.03. The zero-order valence-electron chi connectivity index (χ0n) is 12.5. The van der Waals surface area contributed by atoms with E-state index in [9.17, 15) is 0 Å². The predicted molar refractivity (Wildman–Crippen MR) is 82.4 cm³/mol. The lowest BCUT2D eigenvalue weighted by Gasteiger charge is -1.98. The Labute approximate surface area is 130 Å². The molecular weight excluding hydrogens is 298 g/mol. The third-order valence-electron chi connectivity index (χ3n) is 3.03. The van der Waals surface area contributed by atoms with E-state index >= 15 is 0 Å². The number of nitrogens with two attached hydrogens (primary N) is 1. The van der Waals surface area contributed by atoms with Crippen LogP contribution in [0.25, 0.3) is 5.82 Å². The van der Waals surface area contributed by atoms with Crippen molar-refractivity contribution < 1.29 is 4.63 Å².